The topological polar surface area (TPSA) is 20.2 Å². The highest BCUT2D eigenvalue weighted by Gasteiger charge is 2.50. The van der Waals surface area contributed by atoms with Crippen molar-refractivity contribution in [1.29, 1.82) is 0 Å². The van der Waals surface area contributed by atoms with E-state index in [9.17, 15) is 5.11 Å². The minimum atomic E-state index is 0.153. The molecule has 0 aromatic rings. The second kappa shape index (κ2) is 7.38. The zero-order valence-corrected chi connectivity index (χ0v) is 15.8. The van der Waals surface area contributed by atoms with Gasteiger partial charge in [0, 0.05) is 0 Å². The minimum absolute atomic E-state index is 0.153. The summed E-state index contributed by atoms with van der Waals surface area (Å²) in [5.74, 6) is 2.54. The minimum Gasteiger partial charge on any atom is -0.508 e. The van der Waals surface area contributed by atoms with E-state index in [-0.39, 0.29) is 5.76 Å². The Labute approximate surface area is 144 Å². The molecule has 2 aliphatic rings. The summed E-state index contributed by atoms with van der Waals surface area (Å²) in [5, 5.41) is 9.34. The molecule has 2 heteroatoms. The maximum absolute atomic E-state index is 9.34. The second-order valence-electron chi connectivity index (χ2n) is 7.70. The van der Waals surface area contributed by atoms with E-state index in [2.05, 4.69) is 47.9 Å². The summed E-state index contributed by atoms with van der Waals surface area (Å²) in [7, 11) is 0. The van der Waals surface area contributed by atoms with Crippen LogP contribution in [0.2, 0.25) is 0 Å². The Balaban J connectivity index is 1.95. The quantitative estimate of drug-likeness (QED) is 0.399. The fraction of sp³-hybridized carbons (Fsp3) is 0.700. The molecule has 0 radical (unpaired) electrons. The van der Waals surface area contributed by atoms with Gasteiger partial charge in [0.15, 0.2) is 0 Å². The third-order valence-electron chi connectivity index (χ3n) is 6.41. The van der Waals surface area contributed by atoms with Crippen LogP contribution < -0.4 is 0 Å². The van der Waals surface area contributed by atoms with Gasteiger partial charge in [-0.1, -0.05) is 54.9 Å². The maximum atomic E-state index is 9.34. The van der Waals surface area contributed by atoms with E-state index < -0.39 is 0 Å². The molecule has 0 spiro atoms. The van der Waals surface area contributed by atoms with Gasteiger partial charge in [-0.15, -0.1) is 0 Å². The average Bonchev–Trinajstić information content (AvgIpc) is 2.83. The Kier molecular flexibility index (Phi) is 5.99. The predicted octanol–water partition coefficient (Wildman–Crippen LogP) is 6.92. The van der Waals surface area contributed by atoms with E-state index in [4.69, 9.17) is 0 Å². The van der Waals surface area contributed by atoms with Crippen LogP contribution in [0.5, 0.6) is 0 Å². The van der Waals surface area contributed by atoms with Crippen molar-refractivity contribution in [2.75, 3.05) is 0 Å². The Morgan fingerprint density at radius 2 is 2.18 bits per heavy atom. The van der Waals surface area contributed by atoms with Crippen molar-refractivity contribution >= 4 is 15.9 Å². The van der Waals surface area contributed by atoms with Crippen molar-refractivity contribution < 1.29 is 5.11 Å². The molecule has 1 N–H and O–H groups in total. The van der Waals surface area contributed by atoms with Crippen molar-refractivity contribution in [1.82, 2.24) is 0 Å². The van der Waals surface area contributed by atoms with E-state index in [1.165, 1.54) is 38.5 Å². The summed E-state index contributed by atoms with van der Waals surface area (Å²) >= 11 is 3.60. The number of aliphatic hydroxyl groups excluding tert-OH is 1. The summed E-state index contributed by atoms with van der Waals surface area (Å²) in [4.78, 5) is 2.21. The van der Waals surface area contributed by atoms with Gasteiger partial charge < -0.3 is 5.11 Å². The highest BCUT2D eigenvalue weighted by atomic mass is 79.9. The number of fused-ring (bicyclic) bond motifs is 1. The highest BCUT2D eigenvalue weighted by Crippen LogP contribution is 2.59. The van der Waals surface area contributed by atoms with Gasteiger partial charge in [-0.25, -0.2) is 0 Å². The summed E-state index contributed by atoms with van der Waals surface area (Å²) in [5.41, 5.74) is 2.94. The number of hydrogen-bond acceptors (Lipinski definition) is 1. The van der Waals surface area contributed by atoms with Crippen LogP contribution in [0.4, 0.5) is 0 Å². The number of aliphatic hydroxyl groups is 1. The number of hydrogen-bond donors (Lipinski definition) is 1. The highest BCUT2D eigenvalue weighted by molar-refractivity contribution is 9.11. The molecule has 0 aliphatic heterocycles. The first kappa shape index (κ1) is 17.8. The van der Waals surface area contributed by atoms with E-state index >= 15 is 0 Å². The molecular formula is C20H31BrO. The van der Waals surface area contributed by atoms with Gasteiger partial charge in [0.05, 0.1) is 0 Å². The van der Waals surface area contributed by atoms with Crippen molar-refractivity contribution in [3.05, 3.63) is 35.0 Å². The molecule has 22 heavy (non-hydrogen) atoms. The first-order chi connectivity index (χ1) is 10.4. The van der Waals surface area contributed by atoms with Gasteiger partial charge in [-0.3, -0.25) is 0 Å². The molecule has 1 nitrogen and oxygen atoms in total. The van der Waals surface area contributed by atoms with Gasteiger partial charge in [-0.05, 0) is 78.7 Å². The van der Waals surface area contributed by atoms with Crippen LogP contribution in [0.15, 0.2) is 35.0 Å². The van der Waals surface area contributed by atoms with Gasteiger partial charge in [0.25, 0.3) is 0 Å². The van der Waals surface area contributed by atoms with Crippen molar-refractivity contribution in [3.8, 4) is 0 Å². The first-order valence-electron chi connectivity index (χ1n) is 8.75. The van der Waals surface area contributed by atoms with Crippen LogP contribution in [0.25, 0.3) is 0 Å². The fourth-order valence-electron chi connectivity index (χ4n) is 5.13. The molecule has 3 unspecified atom stereocenters. The van der Waals surface area contributed by atoms with Crippen LogP contribution in [-0.4, -0.2) is 5.11 Å². The fourth-order valence-corrected chi connectivity index (χ4v) is 5.68. The standard InChI is InChI=1S/C20H31BrO/c1-14(16(3)22)7-5-8-15(2)18-10-11-19-17(13-21)9-6-12-20(18,19)4/h13,15,18-19,22H,1,3,5-12H2,2,4H3/b17-13+/t15-,18?,19?,20?/m1/s1. The van der Waals surface area contributed by atoms with E-state index in [1.807, 2.05) is 0 Å². The normalized spacial score (nSPS) is 34.4. The molecule has 0 amide bonds. The molecule has 124 valence electrons. The molecule has 0 aromatic carbocycles. The number of halogens is 1. The number of allylic oxidation sites excluding steroid dienone is 2. The summed E-state index contributed by atoms with van der Waals surface area (Å²) in [6.07, 6.45) is 9.96. The third-order valence-corrected chi connectivity index (χ3v) is 7.00. The lowest BCUT2D eigenvalue weighted by Gasteiger charge is -2.44. The largest absolute Gasteiger partial charge is 0.508 e. The average molecular weight is 367 g/mol. The number of rotatable bonds is 6. The van der Waals surface area contributed by atoms with Crippen molar-refractivity contribution in [3.63, 3.8) is 0 Å². The predicted molar refractivity (Wildman–Crippen MR) is 99.1 cm³/mol. The van der Waals surface area contributed by atoms with Crippen LogP contribution in [0, 0.1) is 23.2 Å². The summed E-state index contributed by atoms with van der Waals surface area (Å²) in [6, 6.07) is 0. The molecule has 0 aromatic heterocycles. The molecule has 0 bridgehead atoms. The van der Waals surface area contributed by atoms with Crippen molar-refractivity contribution in [2.24, 2.45) is 23.2 Å². The van der Waals surface area contributed by atoms with Crippen molar-refractivity contribution in [2.45, 2.75) is 65.2 Å². The molecule has 2 aliphatic carbocycles. The smallest absolute Gasteiger partial charge is 0.111 e. The lowest BCUT2D eigenvalue weighted by molar-refractivity contribution is 0.0937. The Morgan fingerprint density at radius 3 is 2.82 bits per heavy atom. The molecule has 4 atom stereocenters. The lowest BCUT2D eigenvalue weighted by Crippen LogP contribution is -2.35. The third kappa shape index (κ3) is 3.53. The van der Waals surface area contributed by atoms with Crippen LogP contribution in [-0.2, 0) is 0 Å². The molecule has 0 heterocycles. The SMILES string of the molecule is C=C(O)C(=C)CCC[C@@H](C)C1CCC2/C(=C/Br)CCCC21C. The zero-order chi connectivity index (χ0) is 16.3. The first-order valence-corrected chi connectivity index (χ1v) is 9.67. The summed E-state index contributed by atoms with van der Waals surface area (Å²) < 4.78 is 0. The Hall–Kier alpha value is -0.500. The monoisotopic (exact) mass is 366 g/mol. The molecule has 2 saturated carbocycles. The Morgan fingerprint density at radius 1 is 1.45 bits per heavy atom. The van der Waals surface area contributed by atoms with Crippen LogP contribution in [0.1, 0.15) is 65.2 Å². The van der Waals surface area contributed by atoms with E-state index in [0.29, 0.717) is 5.41 Å². The van der Waals surface area contributed by atoms with Crippen LogP contribution >= 0.6 is 15.9 Å². The molecular weight excluding hydrogens is 336 g/mol. The van der Waals surface area contributed by atoms with Gasteiger partial charge in [-0.2, -0.15) is 0 Å². The Bertz CT molecular complexity index is 464. The van der Waals surface area contributed by atoms with Crippen LogP contribution in [0.3, 0.4) is 0 Å². The van der Waals surface area contributed by atoms with E-state index in [0.717, 1.165) is 36.2 Å². The van der Waals surface area contributed by atoms with E-state index in [1.54, 1.807) is 5.57 Å². The molecule has 2 fully saturated rings. The van der Waals surface area contributed by atoms with Gasteiger partial charge in [0.2, 0.25) is 0 Å². The second-order valence-corrected chi connectivity index (χ2v) is 8.16. The maximum Gasteiger partial charge on any atom is 0.111 e. The summed E-state index contributed by atoms with van der Waals surface area (Å²) in [6.45, 7) is 12.4. The van der Waals surface area contributed by atoms with Gasteiger partial charge in [0.1, 0.15) is 5.76 Å². The zero-order valence-electron chi connectivity index (χ0n) is 14.2. The lowest BCUT2D eigenvalue weighted by atomic mass is 9.61. The molecule has 0 saturated heterocycles. The molecule has 2 rings (SSSR count). The van der Waals surface area contributed by atoms with Gasteiger partial charge >= 0.3 is 0 Å².